The minimum Gasteiger partial charge on any atom is -0.426 e. The van der Waals surface area contributed by atoms with E-state index in [0.717, 1.165) is 0 Å². The molecule has 0 bridgehead atoms. The fourth-order valence-electron chi connectivity index (χ4n) is 1.41. The fraction of sp³-hybridized carbons (Fsp3) is 0.875. The van der Waals surface area contributed by atoms with Crippen molar-refractivity contribution in [3.05, 3.63) is 0 Å². The molecule has 1 aliphatic heterocycles. The molecule has 0 radical (unpaired) electrons. The van der Waals surface area contributed by atoms with Crippen LogP contribution in [0.5, 0.6) is 0 Å². The molecule has 0 spiro atoms. The van der Waals surface area contributed by atoms with E-state index in [1.165, 1.54) is 16.7 Å². The molecule has 0 aliphatic carbocycles. The average molecular weight is 232 g/mol. The molecule has 15 heavy (non-hydrogen) atoms. The molecule has 0 aromatic carbocycles. The molecule has 0 saturated carbocycles. The molecular formula is C8H17BN2O3S. The van der Waals surface area contributed by atoms with E-state index < -0.39 is 19.1 Å². The van der Waals surface area contributed by atoms with Crippen molar-refractivity contribution >= 4 is 24.8 Å². The topological polar surface area (TPSA) is 86.8 Å². The van der Waals surface area contributed by atoms with E-state index in [1.54, 1.807) is 0 Å². The van der Waals surface area contributed by atoms with Gasteiger partial charge in [-0.1, -0.05) is 13.8 Å². The zero-order valence-corrected chi connectivity index (χ0v) is 9.78. The van der Waals surface area contributed by atoms with Crippen LogP contribution < -0.4 is 5.73 Å². The minimum atomic E-state index is -1.48. The van der Waals surface area contributed by atoms with Crippen LogP contribution in [0.3, 0.4) is 0 Å². The van der Waals surface area contributed by atoms with Gasteiger partial charge in [0.2, 0.25) is 5.91 Å². The Hall–Kier alpha value is -0.235. The molecule has 1 aliphatic rings. The Bertz CT molecular complexity index is 240. The second-order valence-electron chi connectivity index (χ2n) is 4.06. The third-order valence-electron chi connectivity index (χ3n) is 2.55. The molecule has 2 atom stereocenters. The predicted molar refractivity (Wildman–Crippen MR) is 61.0 cm³/mol. The first-order valence-electron chi connectivity index (χ1n) is 4.95. The highest BCUT2D eigenvalue weighted by Gasteiger charge is 2.39. The van der Waals surface area contributed by atoms with Gasteiger partial charge >= 0.3 is 7.12 Å². The smallest absolute Gasteiger partial charge is 0.426 e. The fourth-order valence-corrected chi connectivity index (χ4v) is 2.62. The van der Waals surface area contributed by atoms with Gasteiger partial charge < -0.3 is 20.7 Å². The number of hydrogen-bond acceptors (Lipinski definition) is 5. The van der Waals surface area contributed by atoms with E-state index in [0.29, 0.717) is 11.6 Å². The highest BCUT2D eigenvalue weighted by atomic mass is 32.2. The maximum atomic E-state index is 11.9. The third-order valence-corrected chi connectivity index (χ3v) is 3.59. The Balaban J connectivity index is 2.66. The second-order valence-corrected chi connectivity index (χ2v) is 5.06. The summed E-state index contributed by atoms with van der Waals surface area (Å²) in [6.07, 6.45) is 0. The molecule has 5 nitrogen and oxygen atoms in total. The Labute approximate surface area is 94.2 Å². The monoisotopic (exact) mass is 232 g/mol. The van der Waals surface area contributed by atoms with Crippen molar-refractivity contribution in [3.63, 3.8) is 0 Å². The molecular weight excluding hydrogens is 215 g/mol. The quantitative estimate of drug-likeness (QED) is 0.537. The van der Waals surface area contributed by atoms with Crippen molar-refractivity contribution in [3.8, 4) is 0 Å². The van der Waals surface area contributed by atoms with Crippen LogP contribution in [0.1, 0.15) is 13.8 Å². The molecule has 0 unspecified atom stereocenters. The van der Waals surface area contributed by atoms with Gasteiger partial charge in [-0.3, -0.25) is 4.79 Å². The van der Waals surface area contributed by atoms with Gasteiger partial charge in [0.05, 0.1) is 17.9 Å². The maximum Gasteiger partial charge on any atom is 0.476 e. The number of nitrogens with zero attached hydrogens (tertiary/aromatic N) is 1. The summed E-state index contributed by atoms with van der Waals surface area (Å²) in [6, 6.07) is -0.565. The summed E-state index contributed by atoms with van der Waals surface area (Å²) in [6.45, 7) is 3.74. The van der Waals surface area contributed by atoms with Gasteiger partial charge in [-0.15, -0.1) is 11.8 Å². The number of nitrogens with two attached hydrogens (primary N) is 1. The van der Waals surface area contributed by atoms with Gasteiger partial charge in [0.1, 0.15) is 0 Å². The molecule has 1 heterocycles. The largest absolute Gasteiger partial charge is 0.476 e. The SMILES string of the molecule is CC(C)[C@H](N)C(=O)N1CSC[C@H]1B(O)O. The van der Waals surface area contributed by atoms with Crippen LogP contribution in [-0.4, -0.2) is 51.6 Å². The van der Waals surface area contributed by atoms with Crippen LogP contribution in [0.25, 0.3) is 0 Å². The number of hydrogen-bond donors (Lipinski definition) is 3. The lowest BCUT2D eigenvalue weighted by Crippen LogP contribution is -2.53. The Morgan fingerprint density at radius 1 is 1.60 bits per heavy atom. The van der Waals surface area contributed by atoms with E-state index in [-0.39, 0.29) is 11.8 Å². The summed E-state index contributed by atoms with van der Waals surface area (Å²) in [5.41, 5.74) is 5.74. The van der Waals surface area contributed by atoms with E-state index in [9.17, 15) is 4.79 Å². The Morgan fingerprint density at radius 2 is 2.20 bits per heavy atom. The lowest BCUT2D eigenvalue weighted by atomic mass is 9.79. The van der Waals surface area contributed by atoms with E-state index >= 15 is 0 Å². The summed E-state index contributed by atoms with van der Waals surface area (Å²) < 4.78 is 0. The third kappa shape index (κ3) is 2.87. The number of thioether (sulfide) groups is 1. The summed E-state index contributed by atoms with van der Waals surface area (Å²) in [5, 5.41) is 18.2. The van der Waals surface area contributed by atoms with Gasteiger partial charge in [-0.05, 0) is 5.92 Å². The predicted octanol–water partition coefficient (Wildman–Crippen LogP) is -1.12. The van der Waals surface area contributed by atoms with Crippen LogP contribution in [0.4, 0.5) is 0 Å². The summed E-state index contributed by atoms with van der Waals surface area (Å²) in [7, 11) is -1.48. The first-order chi connectivity index (χ1) is 6.95. The molecule has 1 rings (SSSR count). The maximum absolute atomic E-state index is 11.9. The molecule has 1 amide bonds. The van der Waals surface area contributed by atoms with Crippen molar-refractivity contribution in [1.29, 1.82) is 0 Å². The van der Waals surface area contributed by atoms with Crippen LogP contribution in [0.2, 0.25) is 0 Å². The van der Waals surface area contributed by atoms with E-state index in [1.807, 2.05) is 13.8 Å². The van der Waals surface area contributed by atoms with Crippen LogP contribution in [0.15, 0.2) is 0 Å². The summed E-state index contributed by atoms with van der Waals surface area (Å²) >= 11 is 1.51. The Morgan fingerprint density at radius 3 is 2.67 bits per heavy atom. The number of carbonyl (C=O) groups is 1. The average Bonchev–Trinajstić information content (AvgIpc) is 2.63. The lowest BCUT2D eigenvalue weighted by Gasteiger charge is -2.27. The zero-order valence-electron chi connectivity index (χ0n) is 8.96. The first-order valence-corrected chi connectivity index (χ1v) is 6.10. The molecule has 1 fully saturated rings. The standard InChI is InChI=1S/C8H17BN2O3S/c1-5(2)7(10)8(12)11-4-15-3-6(11)9(13)14/h5-7,13-14H,3-4,10H2,1-2H3/t6-,7-/m0/s1. The van der Waals surface area contributed by atoms with E-state index in [4.69, 9.17) is 15.8 Å². The molecule has 0 aromatic heterocycles. The molecule has 1 saturated heterocycles. The van der Waals surface area contributed by atoms with E-state index in [2.05, 4.69) is 0 Å². The highest BCUT2D eigenvalue weighted by molar-refractivity contribution is 7.99. The summed E-state index contributed by atoms with van der Waals surface area (Å²) in [4.78, 5) is 13.3. The minimum absolute atomic E-state index is 0.0552. The summed E-state index contributed by atoms with van der Waals surface area (Å²) in [5.74, 6) is 0.371. The van der Waals surface area contributed by atoms with Crippen molar-refractivity contribution < 1.29 is 14.8 Å². The van der Waals surface area contributed by atoms with Crippen LogP contribution in [0, 0.1) is 5.92 Å². The number of amides is 1. The van der Waals surface area contributed by atoms with Crippen molar-refractivity contribution in [2.75, 3.05) is 11.6 Å². The first kappa shape index (κ1) is 12.8. The van der Waals surface area contributed by atoms with Crippen LogP contribution >= 0.6 is 11.8 Å². The number of carbonyl (C=O) groups excluding carboxylic acids is 1. The lowest BCUT2D eigenvalue weighted by molar-refractivity contribution is -0.133. The van der Waals surface area contributed by atoms with Crippen molar-refractivity contribution in [2.24, 2.45) is 11.7 Å². The molecule has 4 N–H and O–H groups in total. The molecule has 0 aromatic rings. The van der Waals surface area contributed by atoms with Gasteiger partial charge in [-0.25, -0.2) is 0 Å². The number of rotatable bonds is 3. The molecule has 7 heteroatoms. The molecule has 86 valence electrons. The van der Waals surface area contributed by atoms with Crippen LogP contribution in [-0.2, 0) is 4.79 Å². The highest BCUT2D eigenvalue weighted by Crippen LogP contribution is 2.22. The van der Waals surface area contributed by atoms with Gasteiger partial charge in [0.15, 0.2) is 0 Å². The van der Waals surface area contributed by atoms with Crippen molar-refractivity contribution in [2.45, 2.75) is 25.8 Å². The van der Waals surface area contributed by atoms with Gasteiger partial charge in [-0.2, -0.15) is 0 Å². The normalized spacial score (nSPS) is 23.3. The van der Waals surface area contributed by atoms with Gasteiger partial charge in [0.25, 0.3) is 0 Å². The van der Waals surface area contributed by atoms with Gasteiger partial charge in [0, 0.05) is 5.75 Å². The van der Waals surface area contributed by atoms with Crippen molar-refractivity contribution in [1.82, 2.24) is 4.90 Å². The second kappa shape index (κ2) is 5.20. The zero-order chi connectivity index (χ0) is 11.6. The Kier molecular flexibility index (Phi) is 4.45.